The van der Waals surface area contributed by atoms with Crippen LogP contribution in [0.3, 0.4) is 0 Å². The second kappa shape index (κ2) is 8.88. The highest BCUT2D eigenvalue weighted by atomic mass is 16.3. The number of rotatable bonds is 2. The van der Waals surface area contributed by atoms with Gasteiger partial charge in [0.25, 0.3) is 0 Å². The van der Waals surface area contributed by atoms with Gasteiger partial charge < -0.3 is 16.2 Å². The molecule has 0 spiro atoms. The van der Waals surface area contributed by atoms with E-state index in [1.807, 2.05) is 7.05 Å². The molecule has 3 nitrogen and oxygen atoms in total. The number of nitrogens with one attached hydrogen (secondary N) is 1. The Morgan fingerprint density at radius 2 is 1.60 bits per heavy atom. The van der Waals surface area contributed by atoms with Crippen LogP contribution in [0.1, 0.15) is 20.8 Å². The van der Waals surface area contributed by atoms with Gasteiger partial charge in [0, 0.05) is 12.6 Å². The van der Waals surface area contributed by atoms with E-state index in [0.29, 0.717) is 12.6 Å². The molecule has 0 aliphatic heterocycles. The number of aliphatic hydroxyl groups is 1. The summed E-state index contributed by atoms with van der Waals surface area (Å²) in [5.41, 5.74) is 4.92. The maximum atomic E-state index is 8.24. The van der Waals surface area contributed by atoms with Gasteiger partial charge >= 0.3 is 0 Å². The Morgan fingerprint density at radius 3 is 1.60 bits per heavy atom. The maximum Gasteiger partial charge on any atom is 0.0634 e. The van der Waals surface area contributed by atoms with E-state index in [1.165, 1.54) is 0 Å². The molecule has 0 radical (unpaired) electrons. The molecule has 4 N–H and O–H groups in total. The van der Waals surface area contributed by atoms with Gasteiger partial charge in [-0.25, -0.2) is 0 Å². The predicted octanol–water partition coefficient (Wildman–Crippen LogP) is -0.0599. The molecule has 0 aromatic rings. The second-order valence-electron chi connectivity index (χ2n) is 2.53. The SMILES string of the molecule is CC(O)CN.CNC(C)C. The normalized spacial score (nSPS) is 12.3. The minimum Gasteiger partial charge on any atom is -0.392 e. The monoisotopic (exact) mass is 148 g/mol. The van der Waals surface area contributed by atoms with Gasteiger partial charge in [-0.1, -0.05) is 13.8 Å². The van der Waals surface area contributed by atoms with Crippen LogP contribution in [0.2, 0.25) is 0 Å². The summed E-state index contributed by atoms with van der Waals surface area (Å²) in [6.45, 7) is 6.24. The van der Waals surface area contributed by atoms with E-state index in [0.717, 1.165) is 0 Å². The van der Waals surface area contributed by atoms with Crippen LogP contribution in [-0.4, -0.2) is 30.8 Å². The van der Waals surface area contributed by atoms with Crippen LogP contribution >= 0.6 is 0 Å². The van der Waals surface area contributed by atoms with Crippen LogP contribution in [0, 0.1) is 0 Å². The number of aliphatic hydroxyl groups excluding tert-OH is 1. The van der Waals surface area contributed by atoms with Crippen molar-refractivity contribution < 1.29 is 5.11 Å². The summed E-state index contributed by atoms with van der Waals surface area (Å²) in [6, 6.07) is 0.634. The van der Waals surface area contributed by atoms with Crippen LogP contribution < -0.4 is 11.1 Å². The Morgan fingerprint density at radius 1 is 1.40 bits per heavy atom. The van der Waals surface area contributed by atoms with Crippen molar-refractivity contribution >= 4 is 0 Å². The Kier molecular flexibility index (Phi) is 11.1. The Hall–Kier alpha value is -0.120. The molecule has 3 heteroatoms. The molecule has 10 heavy (non-hydrogen) atoms. The highest BCUT2D eigenvalue weighted by Gasteiger charge is 1.81. The minimum atomic E-state index is -0.338. The lowest BCUT2D eigenvalue weighted by Crippen LogP contribution is -2.15. The lowest BCUT2D eigenvalue weighted by molar-refractivity contribution is 0.203. The Labute approximate surface area is 63.6 Å². The van der Waals surface area contributed by atoms with E-state index in [-0.39, 0.29) is 6.10 Å². The van der Waals surface area contributed by atoms with Crippen LogP contribution in [-0.2, 0) is 0 Å². The van der Waals surface area contributed by atoms with Gasteiger partial charge in [0.15, 0.2) is 0 Å². The molecule has 1 unspecified atom stereocenters. The quantitative estimate of drug-likeness (QED) is 0.514. The van der Waals surface area contributed by atoms with Crippen molar-refractivity contribution in [2.45, 2.75) is 32.9 Å². The summed E-state index contributed by atoms with van der Waals surface area (Å²) in [5, 5.41) is 11.3. The molecular weight excluding hydrogens is 128 g/mol. The molecule has 0 saturated carbocycles. The zero-order chi connectivity index (χ0) is 8.57. The molecule has 0 aliphatic rings. The van der Waals surface area contributed by atoms with Crippen molar-refractivity contribution in [3.8, 4) is 0 Å². The Bertz CT molecular complexity index is 47.6. The van der Waals surface area contributed by atoms with Crippen LogP contribution in [0.5, 0.6) is 0 Å². The van der Waals surface area contributed by atoms with Crippen LogP contribution in [0.25, 0.3) is 0 Å². The molecule has 0 heterocycles. The molecule has 64 valence electrons. The molecule has 0 rings (SSSR count). The maximum absolute atomic E-state index is 8.24. The van der Waals surface area contributed by atoms with Crippen LogP contribution in [0.15, 0.2) is 0 Å². The molecule has 0 aliphatic carbocycles. The van der Waals surface area contributed by atoms with Gasteiger partial charge in [-0.05, 0) is 14.0 Å². The summed E-state index contributed by atoms with van der Waals surface area (Å²) in [5.74, 6) is 0. The fourth-order valence-corrected chi connectivity index (χ4v) is 0. The van der Waals surface area contributed by atoms with E-state index < -0.39 is 0 Å². The molecule has 0 fully saturated rings. The lowest BCUT2D eigenvalue weighted by atomic mass is 10.4. The lowest BCUT2D eigenvalue weighted by Gasteiger charge is -1.95. The first-order valence-corrected chi connectivity index (χ1v) is 3.60. The van der Waals surface area contributed by atoms with E-state index in [9.17, 15) is 0 Å². The largest absolute Gasteiger partial charge is 0.392 e. The van der Waals surface area contributed by atoms with E-state index >= 15 is 0 Å². The third-order valence-electron chi connectivity index (χ3n) is 0.918. The van der Waals surface area contributed by atoms with Gasteiger partial charge in [0.2, 0.25) is 0 Å². The summed E-state index contributed by atoms with van der Waals surface area (Å²) in [4.78, 5) is 0. The van der Waals surface area contributed by atoms with Gasteiger partial charge in [0.1, 0.15) is 0 Å². The standard InChI is InChI=1S/C4H11N.C3H9NO/c1-4(2)5-3;1-3(5)2-4/h4-5H,1-3H3;3,5H,2,4H2,1H3. The zero-order valence-corrected chi connectivity index (χ0v) is 7.39. The van der Waals surface area contributed by atoms with Crippen molar-refractivity contribution in [1.29, 1.82) is 0 Å². The second-order valence-corrected chi connectivity index (χ2v) is 2.53. The van der Waals surface area contributed by atoms with Gasteiger partial charge in [-0.15, -0.1) is 0 Å². The van der Waals surface area contributed by atoms with Crippen molar-refractivity contribution in [1.82, 2.24) is 5.32 Å². The highest BCUT2D eigenvalue weighted by molar-refractivity contribution is 4.40. The first-order valence-electron chi connectivity index (χ1n) is 3.60. The Balaban J connectivity index is 0. The first-order chi connectivity index (χ1) is 4.54. The molecule has 0 aromatic heterocycles. The van der Waals surface area contributed by atoms with Gasteiger partial charge in [-0.2, -0.15) is 0 Å². The number of nitrogens with two attached hydrogens (primary N) is 1. The zero-order valence-electron chi connectivity index (χ0n) is 7.39. The molecular formula is C7H20N2O. The smallest absolute Gasteiger partial charge is 0.0634 e. The summed E-state index contributed by atoms with van der Waals surface area (Å²) in [7, 11) is 1.95. The number of hydrogen-bond donors (Lipinski definition) is 3. The average molecular weight is 148 g/mol. The van der Waals surface area contributed by atoms with Crippen molar-refractivity contribution in [3.63, 3.8) is 0 Å². The van der Waals surface area contributed by atoms with Crippen molar-refractivity contribution in [2.24, 2.45) is 5.73 Å². The molecule has 0 amide bonds. The van der Waals surface area contributed by atoms with Gasteiger partial charge in [0.05, 0.1) is 6.10 Å². The minimum absolute atomic E-state index is 0.338. The predicted molar refractivity (Wildman–Crippen MR) is 44.9 cm³/mol. The average Bonchev–Trinajstić information content (AvgIpc) is 1.89. The number of hydrogen-bond acceptors (Lipinski definition) is 3. The topological polar surface area (TPSA) is 58.3 Å². The van der Waals surface area contributed by atoms with E-state index in [1.54, 1.807) is 6.92 Å². The first kappa shape index (κ1) is 12.5. The van der Waals surface area contributed by atoms with Crippen molar-refractivity contribution in [2.75, 3.05) is 13.6 Å². The third kappa shape index (κ3) is 24.8. The van der Waals surface area contributed by atoms with Gasteiger partial charge in [-0.3, -0.25) is 0 Å². The fourth-order valence-electron chi connectivity index (χ4n) is 0. The summed E-state index contributed by atoms with van der Waals surface area (Å²) in [6.07, 6.45) is -0.338. The van der Waals surface area contributed by atoms with Crippen LogP contribution in [0.4, 0.5) is 0 Å². The summed E-state index contributed by atoms with van der Waals surface area (Å²) < 4.78 is 0. The molecule has 0 bridgehead atoms. The highest BCUT2D eigenvalue weighted by Crippen LogP contribution is 1.66. The molecule has 0 aromatic carbocycles. The van der Waals surface area contributed by atoms with E-state index in [2.05, 4.69) is 19.2 Å². The summed E-state index contributed by atoms with van der Waals surface area (Å²) >= 11 is 0. The fraction of sp³-hybridized carbons (Fsp3) is 1.00. The van der Waals surface area contributed by atoms with E-state index in [4.69, 9.17) is 10.8 Å². The third-order valence-corrected chi connectivity index (χ3v) is 0.918. The van der Waals surface area contributed by atoms with Crippen molar-refractivity contribution in [3.05, 3.63) is 0 Å². The molecule has 0 saturated heterocycles. The molecule has 1 atom stereocenters.